The van der Waals surface area contributed by atoms with Crippen molar-refractivity contribution in [2.24, 2.45) is 0 Å². The van der Waals surface area contributed by atoms with Crippen LogP contribution in [-0.2, 0) is 6.54 Å². The average molecular weight is 319 g/mol. The van der Waals surface area contributed by atoms with Gasteiger partial charge in [0.1, 0.15) is 0 Å². The van der Waals surface area contributed by atoms with E-state index >= 15 is 0 Å². The maximum absolute atomic E-state index is 9.30. The first-order chi connectivity index (χ1) is 10.9. The second-order valence-electron chi connectivity index (χ2n) is 6.05. The molecule has 0 aliphatic carbocycles. The minimum absolute atomic E-state index is 0.316. The molecule has 1 fully saturated rings. The van der Waals surface area contributed by atoms with Crippen LogP contribution in [0.2, 0.25) is 0 Å². The molecule has 22 heavy (non-hydrogen) atoms. The Labute approximate surface area is 136 Å². The second-order valence-corrected chi connectivity index (χ2v) is 6.99. The Morgan fingerprint density at radius 3 is 3.27 bits per heavy atom. The van der Waals surface area contributed by atoms with Crippen LogP contribution in [0.4, 0.5) is 0 Å². The fourth-order valence-electron chi connectivity index (χ4n) is 3.18. The van der Waals surface area contributed by atoms with E-state index in [0.29, 0.717) is 12.6 Å². The minimum Gasteiger partial charge on any atom is -0.395 e. The maximum atomic E-state index is 9.30. The van der Waals surface area contributed by atoms with Crippen molar-refractivity contribution in [3.05, 3.63) is 29.3 Å². The molecule has 2 aromatic heterocycles. The lowest BCUT2D eigenvalue weighted by atomic mass is 10.2. The average Bonchev–Trinajstić information content (AvgIpc) is 3.18. The van der Waals surface area contributed by atoms with Crippen LogP contribution in [0.5, 0.6) is 0 Å². The molecule has 5 heteroatoms. The lowest BCUT2D eigenvalue weighted by Gasteiger charge is -2.22. The summed E-state index contributed by atoms with van der Waals surface area (Å²) < 4.78 is 1.27. The Morgan fingerprint density at radius 2 is 2.36 bits per heavy atom. The van der Waals surface area contributed by atoms with Crippen LogP contribution < -0.4 is 5.32 Å². The van der Waals surface area contributed by atoms with E-state index in [1.807, 2.05) is 6.20 Å². The molecule has 0 radical (unpaired) electrons. The molecule has 0 bridgehead atoms. The van der Waals surface area contributed by atoms with Crippen molar-refractivity contribution in [1.82, 2.24) is 15.2 Å². The molecule has 1 aliphatic rings. The number of unbranched alkanes of at least 4 members (excludes halogenated alkanes) is 1. The quantitative estimate of drug-likeness (QED) is 0.734. The van der Waals surface area contributed by atoms with Gasteiger partial charge >= 0.3 is 0 Å². The number of nitrogens with zero attached hydrogens (tertiary/aromatic N) is 2. The molecule has 2 aromatic rings. The third-order valence-electron chi connectivity index (χ3n) is 4.45. The van der Waals surface area contributed by atoms with E-state index in [2.05, 4.69) is 32.7 Å². The first kappa shape index (κ1) is 15.9. The van der Waals surface area contributed by atoms with Gasteiger partial charge in [0.15, 0.2) is 0 Å². The molecule has 4 nitrogen and oxygen atoms in total. The van der Waals surface area contributed by atoms with E-state index in [-0.39, 0.29) is 0 Å². The number of nitrogens with one attached hydrogen (secondary N) is 1. The van der Waals surface area contributed by atoms with Gasteiger partial charge in [-0.25, -0.2) is 0 Å². The molecule has 0 spiro atoms. The highest BCUT2D eigenvalue weighted by atomic mass is 32.1. The number of likely N-dealkylation sites (tertiary alicyclic amines) is 1. The molecule has 1 saturated heterocycles. The molecule has 3 heterocycles. The topological polar surface area (TPSA) is 48.4 Å². The number of pyridine rings is 1. The van der Waals surface area contributed by atoms with Crippen molar-refractivity contribution in [1.29, 1.82) is 0 Å². The van der Waals surface area contributed by atoms with Crippen LogP contribution >= 0.6 is 11.3 Å². The third-order valence-corrected chi connectivity index (χ3v) is 5.30. The van der Waals surface area contributed by atoms with Crippen LogP contribution in [0.3, 0.4) is 0 Å². The SMILES string of the molecule is OCC1CCCN1CCCCNCc1cnc2ccsc2c1. The summed E-state index contributed by atoms with van der Waals surface area (Å²) >= 11 is 1.75. The summed E-state index contributed by atoms with van der Waals surface area (Å²) in [4.78, 5) is 6.91. The summed E-state index contributed by atoms with van der Waals surface area (Å²) in [5.41, 5.74) is 2.35. The molecular formula is C17H25N3OS. The summed E-state index contributed by atoms with van der Waals surface area (Å²) in [5.74, 6) is 0. The van der Waals surface area contributed by atoms with Gasteiger partial charge in [-0.05, 0) is 68.4 Å². The summed E-state index contributed by atoms with van der Waals surface area (Å²) in [6.07, 6.45) is 6.75. The van der Waals surface area contributed by atoms with Gasteiger partial charge in [0.25, 0.3) is 0 Å². The van der Waals surface area contributed by atoms with Crippen molar-refractivity contribution in [2.45, 2.75) is 38.3 Å². The van der Waals surface area contributed by atoms with Gasteiger partial charge < -0.3 is 10.4 Å². The van der Waals surface area contributed by atoms with E-state index in [9.17, 15) is 5.11 Å². The van der Waals surface area contributed by atoms with Crippen molar-refractivity contribution < 1.29 is 5.11 Å². The Bertz CT molecular complexity index is 586. The van der Waals surface area contributed by atoms with Crippen LogP contribution in [0, 0.1) is 0 Å². The van der Waals surface area contributed by atoms with Gasteiger partial charge in [0.05, 0.1) is 16.8 Å². The number of aromatic nitrogens is 1. The number of aliphatic hydroxyl groups is 1. The fraction of sp³-hybridized carbons (Fsp3) is 0.588. The van der Waals surface area contributed by atoms with Gasteiger partial charge in [-0.2, -0.15) is 0 Å². The normalized spacial score (nSPS) is 19.2. The predicted molar refractivity (Wildman–Crippen MR) is 92.2 cm³/mol. The van der Waals surface area contributed by atoms with Crippen molar-refractivity contribution in [3.63, 3.8) is 0 Å². The molecular weight excluding hydrogens is 294 g/mol. The molecule has 0 aromatic carbocycles. The highest BCUT2D eigenvalue weighted by Gasteiger charge is 2.22. The van der Waals surface area contributed by atoms with E-state index in [1.165, 1.54) is 29.5 Å². The molecule has 120 valence electrons. The Balaban J connectivity index is 1.32. The number of thiophene rings is 1. The highest BCUT2D eigenvalue weighted by molar-refractivity contribution is 7.17. The minimum atomic E-state index is 0.316. The molecule has 0 saturated carbocycles. The molecule has 3 rings (SSSR count). The lowest BCUT2D eigenvalue weighted by molar-refractivity contribution is 0.157. The first-order valence-corrected chi connectivity index (χ1v) is 9.12. The predicted octanol–water partition coefficient (Wildman–Crippen LogP) is 2.62. The van der Waals surface area contributed by atoms with Crippen molar-refractivity contribution >= 4 is 21.6 Å². The molecule has 1 unspecified atom stereocenters. The van der Waals surface area contributed by atoms with E-state index < -0.39 is 0 Å². The molecule has 1 aliphatic heterocycles. The number of hydrogen-bond acceptors (Lipinski definition) is 5. The maximum Gasteiger partial charge on any atom is 0.0809 e. The second kappa shape index (κ2) is 8.02. The number of rotatable bonds is 8. The first-order valence-electron chi connectivity index (χ1n) is 8.24. The fourth-order valence-corrected chi connectivity index (χ4v) is 3.98. The smallest absolute Gasteiger partial charge is 0.0809 e. The number of fused-ring (bicyclic) bond motifs is 1. The Hall–Kier alpha value is -1.01. The zero-order valence-electron chi connectivity index (χ0n) is 13.0. The highest BCUT2D eigenvalue weighted by Crippen LogP contribution is 2.19. The Kier molecular flexibility index (Phi) is 5.78. The largest absolute Gasteiger partial charge is 0.395 e. The zero-order valence-corrected chi connectivity index (χ0v) is 13.8. The van der Waals surface area contributed by atoms with E-state index in [1.54, 1.807) is 11.3 Å². The third kappa shape index (κ3) is 4.04. The van der Waals surface area contributed by atoms with Crippen LogP contribution in [0.25, 0.3) is 10.2 Å². The zero-order chi connectivity index (χ0) is 15.2. The standard InChI is InChI=1S/C17H25N3OS/c21-13-15-4-3-8-20(15)7-2-1-6-18-11-14-10-17-16(19-12-14)5-9-22-17/h5,9-10,12,15,18,21H,1-4,6-8,11,13H2. The van der Waals surface area contributed by atoms with Gasteiger partial charge in [-0.3, -0.25) is 9.88 Å². The van der Waals surface area contributed by atoms with E-state index in [0.717, 1.165) is 38.1 Å². The van der Waals surface area contributed by atoms with Crippen molar-refractivity contribution in [3.8, 4) is 0 Å². The summed E-state index contributed by atoms with van der Waals surface area (Å²) in [6, 6.07) is 4.71. The monoisotopic (exact) mass is 319 g/mol. The van der Waals surface area contributed by atoms with Crippen molar-refractivity contribution in [2.75, 3.05) is 26.2 Å². The summed E-state index contributed by atoms with van der Waals surface area (Å²) in [7, 11) is 0. The number of hydrogen-bond donors (Lipinski definition) is 2. The van der Waals surface area contributed by atoms with Gasteiger partial charge in [-0.1, -0.05) is 0 Å². The van der Waals surface area contributed by atoms with Gasteiger partial charge in [0.2, 0.25) is 0 Å². The summed E-state index contributed by atoms with van der Waals surface area (Å²) in [5, 5.41) is 14.9. The van der Waals surface area contributed by atoms with Crippen LogP contribution in [-0.4, -0.2) is 47.3 Å². The van der Waals surface area contributed by atoms with Gasteiger partial charge in [-0.15, -0.1) is 11.3 Å². The molecule has 0 amide bonds. The van der Waals surface area contributed by atoms with E-state index in [4.69, 9.17) is 0 Å². The van der Waals surface area contributed by atoms with Crippen LogP contribution in [0.15, 0.2) is 23.7 Å². The Morgan fingerprint density at radius 1 is 1.41 bits per heavy atom. The number of aliphatic hydroxyl groups excluding tert-OH is 1. The van der Waals surface area contributed by atoms with Gasteiger partial charge in [0, 0.05) is 18.8 Å². The lowest BCUT2D eigenvalue weighted by Crippen LogP contribution is -2.33. The molecule has 2 N–H and O–H groups in total. The van der Waals surface area contributed by atoms with Crippen LogP contribution in [0.1, 0.15) is 31.2 Å². The summed E-state index contributed by atoms with van der Waals surface area (Å²) in [6.45, 7) is 4.53. The molecule has 1 atom stereocenters.